The van der Waals surface area contributed by atoms with E-state index in [1.165, 1.54) is 6.07 Å². The quantitative estimate of drug-likeness (QED) is 0.312. The Morgan fingerprint density at radius 2 is 1.77 bits per heavy atom. The molecule has 0 aromatic heterocycles. The lowest BCUT2D eigenvalue weighted by atomic mass is 9.70. The first kappa shape index (κ1) is 22.1. The van der Waals surface area contributed by atoms with Gasteiger partial charge in [-0.3, -0.25) is 0 Å². The van der Waals surface area contributed by atoms with E-state index in [2.05, 4.69) is 23.8 Å². The fourth-order valence-corrected chi connectivity index (χ4v) is 3.95. The summed E-state index contributed by atoms with van der Waals surface area (Å²) in [6.45, 7) is 2.14. The predicted molar refractivity (Wildman–Crippen MR) is 112 cm³/mol. The lowest BCUT2D eigenvalue weighted by Crippen LogP contribution is -2.25. The summed E-state index contributed by atoms with van der Waals surface area (Å²) in [7, 11) is 0. The Morgan fingerprint density at radius 1 is 1.00 bits per heavy atom. The van der Waals surface area contributed by atoms with Gasteiger partial charge in [0.2, 0.25) is 0 Å². The summed E-state index contributed by atoms with van der Waals surface area (Å²) >= 11 is 0. The Bertz CT molecular complexity index is 899. The first-order chi connectivity index (χ1) is 14.3. The van der Waals surface area contributed by atoms with Gasteiger partial charge >= 0.3 is 6.36 Å². The van der Waals surface area contributed by atoms with Gasteiger partial charge in [0.15, 0.2) is 11.6 Å². The number of alkyl halides is 3. The Hall–Kier alpha value is -2.56. The molecule has 0 radical (unpaired) electrons. The minimum Gasteiger partial charge on any atom is -0.403 e. The molecule has 0 N–H and O–H groups in total. The maximum absolute atomic E-state index is 14.4. The fourth-order valence-electron chi connectivity index (χ4n) is 3.95. The summed E-state index contributed by atoms with van der Waals surface area (Å²) in [5.74, 6) is -1.79. The number of hydrogen-bond acceptors (Lipinski definition) is 1. The Morgan fingerprint density at radius 3 is 2.37 bits per heavy atom. The molecule has 0 amide bonds. The van der Waals surface area contributed by atoms with Crippen molar-refractivity contribution in [3.05, 3.63) is 83.7 Å². The van der Waals surface area contributed by atoms with E-state index in [9.17, 15) is 17.6 Å². The highest BCUT2D eigenvalue weighted by Gasteiger charge is 2.34. The topological polar surface area (TPSA) is 9.23 Å². The minimum absolute atomic E-state index is 0.441. The molecular formula is C25H26F4O. The molecule has 0 saturated carbocycles. The zero-order valence-corrected chi connectivity index (χ0v) is 17.0. The van der Waals surface area contributed by atoms with Crippen molar-refractivity contribution in [2.45, 2.75) is 57.2 Å². The second kappa shape index (κ2) is 9.50. The molecular weight excluding hydrogens is 392 g/mol. The third-order valence-electron chi connectivity index (χ3n) is 5.58. The van der Waals surface area contributed by atoms with Crippen LogP contribution >= 0.6 is 0 Å². The van der Waals surface area contributed by atoms with E-state index in [1.54, 1.807) is 6.07 Å². The number of ether oxygens (including phenoxy) is 1. The van der Waals surface area contributed by atoms with E-state index in [4.69, 9.17) is 0 Å². The van der Waals surface area contributed by atoms with Crippen LogP contribution in [0.1, 0.15) is 56.6 Å². The Labute approximate surface area is 175 Å². The van der Waals surface area contributed by atoms with Gasteiger partial charge in [-0.15, -0.1) is 13.2 Å². The van der Waals surface area contributed by atoms with Crippen molar-refractivity contribution in [1.29, 1.82) is 0 Å². The molecule has 5 heteroatoms. The van der Waals surface area contributed by atoms with Crippen LogP contribution in [0.3, 0.4) is 0 Å². The van der Waals surface area contributed by atoms with Gasteiger partial charge in [0.05, 0.1) is 0 Å². The van der Waals surface area contributed by atoms with Gasteiger partial charge in [0.1, 0.15) is 0 Å². The molecule has 160 valence electrons. The predicted octanol–water partition coefficient (Wildman–Crippen LogP) is 7.98. The summed E-state index contributed by atoms with van der Waals surface area (Å²) in [5.41, 5.74) is 2.43. The molecule has 0 fully saturated rings. The van der Waals surface area contributed by atoms with Gasteiger partial charge in [0, 0.05) is 5.41 Å². The van der Waals surface area contributed by atoms with E-state index in [1.807, 2.05) is 36.4 Å². The highest BCUT2D eigenvalue weighted by molar-refractivity contribution is 5.75. The largest absolute Gasteiger partial charge is 0.573 e. The van der Waals surface area contributed by atoms with E-state index in [0.717, 1.165) is 49.3 Å². The zero-order chi connectivity index (χ0) is 21.6. The van der Waals surface area contributed by atoms with Crippen LogP contribution in [0.15, 0.2) is 66.8 Å². The van der Waals surface area contributed by atoms with Crippen molar-refractivity contribution >= 4 is 5.57 Å². The molecule has 3 rings (SSSR count). The number of benzene rings is 2. The molecule has 0 spiro atoms. The van der Waals surface area contributed by atoms with Gasteiger partial charge < -0.3 is 4.74 Å². The van der Waals surface area contributed by atoms with Gasteiger partial charge in [-0.05, 0) is 41.7 Å². The molecule has 1 nitrogen and oxygen atoms in total. The molecule has 0 bridgehead atoms. The highest BCUT2D eigenvalue weighted by Crippen LogP contribution is 2.42. The molecule has 1 aliphatic rings. The molecule has 0 aliphatic heterocycles. The van der Waals surface area contributed by atoms with E-state index >= 15 is 0 Å². The van der Waals surface area contributed by atoms with Crippen LogP contribution in [-0.2, 0) is 5.41 Å². The number of unbranched alkanes of at least 4 members (excludes halogenated alkanes) is 3. The van der Waals surface area contributed by atoms with Crippen LogP contribution in [0.4, 0.5) is 17.6 Å². The van der Waals surface area contributed by atoms with Crippen molar-refractivity contribution in [3.63, 3.8) is 0 Å². The molecule has 1 atom stereocenters. The molecule has 1 unspecified atom stereocenters. The van der Waals surface area contributed by atoms with Gasteiger partial charge in [-0.2, -0.15) is 0 Å². The van der Waals surface area contributed by atoms with Crippen LogP contribution in [0.2, 0.25) is 0 Å². The molecule has 0 saturated heterocycles. The second-order valence-electron chi connectivity index (χ2n) is 7.72. The van der Waals surface area contributed by atoms with Crippen molar-refractivity contribution in [2.75, 3.05) is 0 Å². The number of halogens is 4. The van der Waals surface area contributed by atoms with Gasteiger partial charge in [-0.1, -0.05) is 87.2 Å². The summed E-state index contributed by atoms with van der Waals surface area (Å²) < 4.78 is 55.7. The Kier molecular flexibility index (Phi) is 7.01. The average Bonchev–Trinajstić information content (AvgIpc) is 2.73. The summed E-state index contributed by atoms with van der Waals surface area (Å²) in [5, 5.41) is 0. The van der Waals surface area contributed by atoms with Gasteiger partial charge in [-0.25, -0.2) is 4.39 Å². The van der Waals surface area contributed by atoms with Crippen LogP contribution in [0.25, 0.3) is 5.57 Å². The van der Waals surface area contributed by atoms with E-state index < -0.39 is 23.3 Å². The smallest absolute Gasteiger partial charge is 0.403 e. The average molecular weight is 418 g/mol. The lowest BCUT2D eigenvalue weighted by Gasteiger charge is -2.34. The minimum atomic E-state index is -4.92. The van der Waals surface area contributed by atoms with Crippen molar-refractivity contribution in [3.8, 4) is 5.75 Å². The molecule has 2 aromatic carbocycles. The van der Waals surface area contributed by atoms with Gasteiger partial charge in [0.25, 0.3) is 0 Å². The number of rotatable bonds is 8. The van der Waals surface area contributed by atoms with E-state index in [-0.39, 0.29) is 0 Å². The van der Waals surface area contributed by atoms with Crippen molar-refractivity contribution in [1.82, 2.24) is 0 Å². The second-order valence-corrected chi connectivity index (χ2v) is 7.72. The summed E-state index contributed by atoms with van der Waals surface area (Å²) in [6.07, 6.45) is 7.08. The monoisotopic (exact) mass is 418 g/mol. The standard InChI is InChI=1S/C25H26F4O/c1-2-3-4-8-15-24(16-13-20(14-17-24)19-9-6-5-7-10-19)21-11-12-23(22(26)18-21)30-25(27,28)29/h5-7,9-14,16,18H,2-4,8,15,17H2,1H3. The maximum atomic E-state index is 14.4. The fraction of sp³-hybridized carbons (Fsp3) is 0.360. The van der Waals surface area contributed by atoms with Crippen molar-refractivity contribution in [2.24, 2.45) is 0 Å². The Balaban J connectivity index is 1.87. The van der Waals surface area contributed by atoms with Crippen LogP contribution in [-0.4, -0.2) is 6.36 Å². The summed E-state index contributed by atoms with van der Waals surface area (Å²) in [4.78, 5) is 0. The molecule has 0 heterocycles. The molecule has 1 aliphatic carbocycles. The third kappa shape index (κ3) is 5.53. The first-order valence-electron chi connectivity index (χ1n) is 10.3. The molecule has 2 aromatic rings. The lowest BCUT2D eigenvalue weighted by molar-refractivity contribution is -0.275. The zero-order valence-electron chi connectivity index (χ0n) is 17.0. The highest BCUT2D eigenvalue weighted by atomic mass is 19.4. The van der Waals surface area contributed by atoms with Crippen molar-refractivity contribution < 1.29 is 22.3 Å². The third-order valence-corrected chi connectivity index (χ3v) is 5.58. The van der Waals surface area contributed by atoms with Crippen LogP contribution in [0.5, 0.6) is 5.75 Å². The van der Waals surface area contributed by atoms with Crippen LogP contribution in [0, 0.1) is 5.82 Å². The SMILES string of the molecule is CCCCCCC1(c2ccc(OC(F)(F)F)c(F)c2)C=CC(c2ccccc2)=CC1. The summed E-state index contributed by atoms with van der Waals surface area (Å²) in [6, 6.07) is 13.8. The first-order valence-corrected chi connectivity index (χ1v) is 10.3. The normalized spacial score (nSPS) is 18.9. The maximum Gasteiger partial charge on any atom is 0.573 e. The van der Waals surface area contributed by atoms with E-state index in [0.29, 0.717) is 12.0 Å². The number of allylic oxidation sites excluding steroid dienone is 4. The number of hydrogen-bond donors (Lipinski definition) is 0. The van der Waals surface area contributed by atoms with Crippen LogP contribution < -0.4 is 4.74 Å². The molecule has 30 heavy (non-hydrogen) atoms.